The van der Waals surface area contributed by atoms with Crippen molar-refractivity contribution in [2.24, 2.45) is 7.05 Å². The number of aryl methyl sites for hydroxylation is 2. The van der Waals surface area contributed by atoms with Crippen LogP contribution in [0.25, 0.3) is 22.4 Å². The van der Waals surface area contributed by atoms with Gasteiger partial charge >= 0.3 is 5.97 Å². The molecule has 100 valence electrons. The number of carboxylic acids is 1. The lowest BCUT2D eigenvalue weighted by molar-refractivity contribution is 0.0699. The molecule has 0 spiro atoms. The van der Waals surface area contributed by atoms with Crippen LogP contribution in [-0.2, 0) is 7.05 Å². The molecule has 3 rings (SSSR count). The van der Waals surface area contributed by atoms with Crippen molar-refractivity contribution in [1.29, 1.82) is 0 Å². The monoisotopic (exact) mass is 267 g/mol. The van der Waals surface area contributed by atoms with Gasteiger partial charge in [-0.15, -0.1) is 0 Å². The summed E-state index contributed by atoms with van der Waals surface area (Å²) < 4.78 is 1.81. The van der Waals surface area contributed by atoms with Gasteiger partial charge in [-0.05, 0) is 25.1 Å². The van der Waals surface area contributed by atoms with Gasteiger partial charge in [0.15, 0.2) is 5.82 Å². The molecule has 0 atom stereocenters. The first kappa shape index (κ1) is 12.3. The number of hydrogen-bond donors (Lipinski definition) is 1. The fraction of sp³-hybridized carbons (Fsp3) is 0.133. The Hall–Kier alpha value is -2.69. The first-order valence-electron chi connectivity index (χ1n) is 6.18. The topological polar surface area (TPSA) is 68.0 Å². The molecule has 0 aliphatic rings. The number of carboxylic acid groups (broad SMARTS) is 1. The Morgan fingerprint density at radius 3 is 2.75 bits per heavy atom. The van der Waals surface area contributed by atoms with Gasteiger partial charge in [0.05, 0.1) is 11.1 Å². The first-order chi connectivity index (χ1) is 9.56. The smallest absolute Gasteiger partial charge is 0.336 e. The molecule has 2 heterocycles. The minimum atomic E-state index is -0.960. The zero-order valence-corrected chi connectivity index (χ0v) is 11.2. The van der Waals surface area contributed by atoms with E-state index in [9.17, 15) is 9.90 Å². The molecule has 5 heteroatoms. The van der Waals surface area contributed by atoms with Crippen LogP contribution in [0.2, 0.25) is 0 Å². The van der Waals surface area contributed by atoms with Gasteiger partial charge in [0, 0.05) is 24.8 Å². The van der Waals surface area contributed by atoms with E-state index in [0.717, 1.165) is 5.56 Å². The lowest BCUT2D eigenvalue weighted by atomic mass is 10.1. The SMILES string of the molecule is Cc1ccc2nc(-c3nccn3C)cc(C(=O)O)c2c1. The molecule has 1 aromatic carbocycles. The van der Waals surface area contributed by atoms with Crippen LogP contribution < -0.4 is 0 Å². The Labute approximate surface area is 115 Å². The molecule has 1 N–H and O–H groups in total. The van der Waals surface area contributed by atoms with Gasteiger partial charge in [0.1, 0.15) is 5.69 Å². The standard InChI is InChI=1S/C15H13N3O2/c1-9-3-4-12-10(7-9)11(15(19)20)8-13(17-12)14-16-5-6-18(14)2/h3-8H,1-2H3,(H,19,20). The summed E-state index contributed by atoms with van der Waals surface area (Å²) in [5, 5.41) is 10.1. The number of benzene rings is 1. The number of imidazole rings is 1. The Kier molecular flexibility index (Phi) is 2.75. The highest BCUT2D eigenvalue weighted by atomic mass is 16.4. The third kappa shape index (κ3) is 1.93. The first-order valence-corrected chi connectivity index (χ1v) is 6.18. The molecule has 2 aromatic heterocycles. The number of fused-ring (bicyclic) bond motifs is 1. The van der Waals surface area contributed by atoms with Crippen molar-refractivity contribution in [3.63, 3.8) is 0 Å². The van der Waals surface area contributed by atoms with Crippen LogP contribution in [0, 0.1) is 6.92 Å². The Balaban J connectivity index is 2.34. The summed E-state index contributed by atoms with van der Waals surface area (Å²) >= 11 is 0. The molecule has 0 radical (unpaired) electrons. The van der Waals surface area contributed by atoms with Gasteiger partial charge in [0.25, 0.3) is 0 Å². The molecule has 5 nitrogen and oxygen atoms in total. The Morgan fingerprint density at radius 2 is 2.10 bits per heavy atom. The summed E-state index contributed by atoms with van der Waals surface area (Å²) in [5.74, 6) is -0.312. The van der Waals surface area contributed by atoms with Crippen molar-refractivity contribution < 1.29 is 9.90 Å². The minimum Gasteiger partial charge on any atom is -0.478 e. The number of hydrogen-bond acceptors (Lipinski definition) is 3. The van der Waals surface area contributed by atoms with Crippen molar-refractivity contribution >= 4 is 16.9 Å². The molecule has 20 heavy (non-hydrogen) atoms. The van der Waals surface area contributed by atoms with Crippen molar-refractivity contribution in [3.8, 4) is 11.5 Å². The Bertz CT molecular complexity index is 821. The van der Waals surface area contributed by atoms with E-state index in [1.807, 2.05) is 36.7 Å². The van der Waals surface area contributed by atoms with Gasteiger partial charge in [-0.25, -0.2) is 14.8 Å². The van der Waals surface area contributed by atoms with Crippen LogP contribution in [-0.4, -0.2) is 25.6 Å². The van der Waals surface area contributed by atoms with Gasteiger partial charge in [-0.1, -0.05) is 11.6 Å². The van der Waals surface area contributed by atoms with Gasteiger partial charge in [0.2, 0.25) is 0 Å². The second-order valence-electron chi connectivity index (χ2n) is 4.74. The van der Waals surface area contributed by atoms with E-state index in [-0.39, 0.29) is 5.56 Å². The van der Waals surface area contributed by atoms with E-state index in [2.05, 4.69) is 9.97 Å². The zero-order chi connectivity index (χ0) is 14.3. The van der Waals surface area contributed by atoms with Crippen LogP contribution in [0.3, 0.4) is 0 Å². The zero-order valence-electron chi connectivity index (χ0n) is 11.2. The maximum Gasteiger partial charge on any atom is 0.336 e. The molecular formula is C15H13N3O2. The number of carbonyl (C=O) groups is 1. The third-order valence-electron chi connectivity index (χ3n) is 3.24. The number of rotatable bonds is 2. The molecule has 0 fully saturated rings. The maximum atomic E-state index is 11.5. The normalized spacial score (nSPS) is 10.9. The molecule has 0 unspecified atom stereocenters. The van der Waals surface area contributed by atoms with E-state index < -0.39 is 5.97 Å². The number of aromatic nitrogens is 3. The average Bonchev–Trinajstić information content (AvgIpc) is 2.83. The Morgan fingerprint density at radius 1 is 1.30 bits per heavy atom. The molecular weight excluding hydrogens is 254 g/mol. The summed E-state index contributed by atoms with van der Waals surface area (Å²) in [7, 11) is 1.85. The summed E-state index contributed by atoms with van der Waals surface area (Å²) in [5.41, 5.74) is 2.47. The summed E-state index contributed by atoms with van der Waals surface area (Å²) in [4.78, 5) is 20.2. The fourth-order valence-electron chi connectivity index (χ4n) is 2.24. The summed E-state index contributed by atoms with van der Waals surface area (Å²) in [6.07, 6.45) is 3.47. The fourth-order valence-corrected chi connectivity index (χ4v) is 2.24. The van der Waals surface area contributed by atoms with E-state index in [4.69, 9.17) is 0 Å². The van der Waals surface area contributed by atoms with E-state index in [1.165, 1.54) is 0 Å². The summed E-state index contributed by atoms with van der Waals surface area (Å²) in [6.45, 7) is 1.93. The van der Waals surface area contributed by atoms with Crippen LogP contribution in [0.1, 0.15) is 15.9 Å². The molecule has 3 aromatic rings. The highest BCUT2D eigenvalue weighted by Gasteiger charge is 2.14. The number of nitrogens with zero attached hydrogens (tertiary/aromatic N) is 3. The molecule has 0 amide bonds. The van der Waals surface area contributed by atoms with Crippen LogP contribution in [0.4, 0.5) is 0 Å². The van der Waals surface area contributed by atoms with Crippen molar-refractivity contribution in [1.82, 2.24) is 14.5 Å². The van der Waals surface area contributed by atoms with Gasteiger partial charge in [-0.2, -0.15) is 0 Å². The third-order valence-corrected chi connectivity index (χ3v) is 3.24. The maximum absolute atomic E-state index is 11.5. The van der Waals surface area contributed by atoms with Crippen molar-refractivity contribution in [2.45, 2.75) is 6.92 Å². The highest BCUT2D eigenvalue weighted by molar-refractivity contribution is 6.03. The second-order valence-corrected chi connectivity index (χ2v) is 4.74. The van der Waals surface area contributed by atoms with Crippen molar-refractivity contribution in [2.75, 3.05) is 0 Å². The number of aromatic carboxylic acids is 1. The molecule has 0 saturated carbocycles. The predicted molar refractivity (Wildman–Crippen MR) is 75.6 cm³/mol. The van der Waals surface area contributed by atoms with Crippen LogP contribution in [0.15, 0.2) is 36.7 Å². The molecule has 0 aliphatic carbocycles. The van der Waals surface area contributed by atoms with Crippen LogP contribution in [0.5, 0.6) is 0 Å². The second kappa shape index (κ2) is 4.45. The van der Waals surface area contributed by atoms with Gasteiger partial charge < -0.3 is 9.67 Å². The van der Waals surface area contributed by atoms with E-state index in [1.54, 1.807) is 18.5 Å². The van der Waals surface area contributed by atoms with E-state index >= 15 is 0 Å². The van der Waals surface area contributed by atoms with E-state index in [0.29, 0.717) is 22.4 Å². The average molecular weight is 267 g/mol. The largest absolute Gasteiger partial charge is 0.478 e. The minimum absolute atomic E-state index is 0.247. The summed E-state index contributed by atoms with van der Waals surface area (Å²) in [6, 6.07) is 7.17. The molecule has 0 saturated heterocycles. The lowest BCUT2D eigenvalue weighted by Gasteiger charge is -2.07. The number of pyridine rings is 1. The quantitative estimate of drug-likeness (QED) is 0.775. The lowest BCUT2D eigenvalue weighted by Crippen LogP contribution is -2.02. The van der Waals surface area contributed by atoms with Gasteiger partial charge in [-0.3, -0.25) is 0 Å². The molecule has 0 aliphatic heterocycles. The molecule has 0 bridgehead atoms. The highest BCUT2D eigenvalue weighted by Crippen LogP contribution is 2.24. The van der Waals surface area contributed by atoms with Crippen molar-refractivity contribution in [3.05, 3.63) is 47.8 Å². The predicted octanol–water partition coefficient (Wildman–Crippen LogP) is 2.64. The van der Waals surface area contributed by atoms with Crippen LogP contribution >= 0.6 is 0 Å².